The predicted molar refractivity (Wildman–Crippen MR) is 269 cm³/mol. The number of ether oxygens (including phenoxy) is 1. The van der Waals surface area contributed by atoms with Gasteiger partial charge in [0, 0.05) is 6.42 Å². The standard InChI is InChI=1S/C56H105NO5/c1-4-7-10-13-16-19-22-24-26-28-29-31-33-35-38-41-44-47-52(50-55(60)57-53(51-58)54(59)48-45-42-39-36-21-18-15-12-9-6-3)62-56(61)49-46-43-40-37-34-32-30-27-25-23-20-17-14-11-8-5-2/h16,19,24,26,29,31,52-54,58-59H,4-15,17-18,20-23,25,27-28,30,32-51H2,1-3H3,(H,57,60)/b19-16-,26-24-,31-29-. The summed E-state index contributed by atoms with van der Waals surface area (Å²) < 4.78 is 5.94. The summed E-state index contributed by atoms with van der Waals surface area (Å²) in [6.45, 7) is 6.46. The van der Waals surface area contributed by atoms with Crippen LogP contribution in [0.25, 0.3) is 0 Å². The molecule has 3 unspecified atom stereocenters. The van der Waals surface area contributed by atoms with E-state index in [-0.39, 0.29) is 24.9 Å². The molecule has 0 bridgehead atoms. The first kappa shape index (κ1) is 60.1. The third-order valence-corrected chi connectivity index (χ3v) is 12.5. The molecule has 0 fully saturated rings. The molecule has 0 aromatic carbocycles. The number of carbonyl (C=O) groups excluding carboxylic acids is 2. The highest BCUT2D eigenvalue weighted by atomic mass is 16.5. The first-order chi connectivity index (χ1) is 30.5. The van der Waals surface area contributed by atoms with Gasteiger partial charge in [0.2, 0.25) is 5.91 Å². The number of carbonyl (C=O) groups is 2. The third kappa shape index (κ3) is 44.7. The second-order valence-corrected chi connectivity index (χ2v) is 18.6. The highest BCUT2D eigenvalue weighted by Crippen LogP contribution is 2.18. The minimum Gasteiger partial charge on any atom is -0.462 e. The normalized spacial score (nSPS) is 13.4. The Bertz CT molecular complexity index is 1020. The van der Waals surface area contributed by atoms with Gasteiger partial charge >= 0.3 is 5.97 Å². The fourth-order valence-electron chi connectivity index (χ4n) is 8.32. The third-order valence-electron chi connectivity index (χ3n) is 12.5. The van der Waals surface area contributed by atoms with Crippen LogP contribution in [0.4, 0.5) is 0 Å². The van der Waals surface area contributed by atoms with Gasteiger partial charge in [-0.2, -0.15) is 0 Å². The highest BCUT2D eigenvalue weighted by Gasteiger charge is 2.24. The summed E-state index contributed by atoms with van der Waals surface area (Å²) in [5.41, 5.74) is 0. The average molecular weight is 872 g/mol. The Hall–Kier alpha value is -1.92. The van der Waals surface area contributed by atoms with Gasteiger partial charge in [-0.3, -0.25) is 9.59 Å². The van der Waals surface area contributed by atoms with Crippen molar-refractivity contribution in [2.45, 2.75) is 302 Å². The Morgan fingerprint density at radius 1 is 0.468 bits per heavy atom. The molecule has 3 atom stereocenters. The van der Waals surface area contributed by atoms with Crippen LogP contribution < -0.4 is 5.32 Å². The summed E-state index contributed by atoms with van der Waals surface area (Å²) in [6, 6.07) is -0.705. The molecule has 0 heterocycles. The van der Waals surface area contributed by atoms with Crippen molar-refractivity contribution < 1.29 is 24.5 Å². The molecule has 6 nitrogen and oxygen atoms in total. The monoisotopic (exact) mass is 872 g/mol. The van der Waals surface area contributed by atoms with E-state index in [4.69, 9.17) is 4.74 Å². The van der Waals surface area contributed by atoms with Crippen LogP contribution in [-0.2, 0) is 14.3 Å². The van der Waals surface area contributed by atoms with E-state index in [1.807, 2.05) is 0 Å². The van der Waals surface area contributed by atoms with E-state index in [0.29, 0.717) is 19.3 Å². The molecule has 0 radical (unpaired) electrons. The van der Waals surface area contributed by atoms with E-state index in [0.717, 1.165) is 83.5 Å². The second-order valence-electron chi connectivity index (χ2n) is 18.6. The lowest BCUT2D eigenvalue weighted by Gasteiger charge is -2.24. The SMILES string of the molecule is CCCCC/C=C\C/C=C\C/C=C\CCCCCCC(CC(=O)NC(CO)C(O)CCCCCCCCCCCC)OC(=O)CCCCCCCCCCCCCCCCCC. The molecule has 0 aromatic rings. The Labute approximate surface area is 385 Å². The van der Waals surface area contributed by atoms with E-state index in [2.05, 4.69) is 62.5 Å². The van der Waals surface area contributed by atoms with Crippen molar-refractivity contribution in [3.8, 4) is 0 Å². The number of allylic oxidation sites excluding steroid dienone is 6. The van der Waals surface area contributed by atoms with Gasteiger partial charge in [0.15, 0.2) is 0 Å². The zero-order valence-corrected chi connectivity index (χ0v) is 41.5. The molecule has 364 valence electrons. The number of aliphatic hydroxyl groups excluding tert-OH is 2. The van der Waals surface area contributed by atoms with Crippen molar-refractivity contribution >= 4 is 11.9 Å². The number of hydrogen-bond donors (Lipinski definition) is 3. The first-order valence-corrected chi connectivity index (χ1v) is 27.2. The Balaban J connectivity index is 4.59. The molecule has 62 heavy (non-hydrogen) atoms. The Morgan fingerprint density at radius 3 is 1.27 bits per heavy atom. The van der Waals surface area contributed by atoms with Gasteiger partial charge < -0.3 is 20.3 Å². The molecule has 0 spiro atoms. The van der Waals surface area contributed by atoms with Gasteiger partial charge in [-0.05, 0) is 64.2 Å². The summed E-state index contributed by atoms with van der Waals surface area (Å²) in [4.78, 5) is 26.2. The molecule has 0 aliphatic carbocycles. The lowest BCUT2D eigenvalue weighted by Crippen LogP contribution is -2.46. The number of unbranched alkanes of at least 4 members (excludes halogenated alkanes) is 31. The number of aliphatic hydroxyl groups is 2. The fourth-order valence-corrected chi connectivity index (χ4v) is 8.32. The van der Waals surface area contributed by atoms with Crippen LogP contribution in [0.5, 0.6) is 0 Å². The maximum atomic E-state index is 13.2. The second kappa shape index (κ2) is 50.1. The maximum absolute atomic E-state index is 13.2. The maximum Gasteiger partial charge on any atom is 0.306 e. The topological polar surface area (TPSA) is 95.9 Å². The molecule has 1 amide bonds. The smallest absolute Gasteiger partial charge is 0.306 e. The van der Waals surface area contributed by atoms with Gasteiger partial charge in [-0.15, -0.1) is 0 Å². The average Bonchev–Trinajstić information content (AvgIpc) is 3.26. The van der Waals surface area contributed by atoms with Crippen LogP contribution in [0, 0.1) is 0 Å². The molecule has 3 N–H and O–H groups in total. The predicted octanol–water partition coefficient (Wildman–Crippen LogP) is 16.5. The summed E-state index contributed by atoms with van der Waals surface area (Å²) in [5.74, 6) is -0.483. The van der Waals surface area contributed by atoms with E-state index < -0.39 is 18.2 Å². The minimum absolute atomic E-state index is 0.0665. The summed E-state index contributed by atoms with van der Waals surface area (Å²) in [6.07, 6.45) is 59.2. The van der Waals surface area contributed by atoms with E-state index in [9.17, 15) is 19.8 Å². The van der Waals surface area contributed by atoms with Crippen LogP contribution >= 0.6 is 0 Å². The van der Waals surface area contributed by atoms with Gasteiger partial charge in [0.25, 0.3) is 0 Å². The van der Waals surface area contributed by atoms with Crippen molar-refractivity contribution in [1.82, 2.24) is 5.32 Å². The quantitative estimate of drug-likeness (QED) is 0.0321. The molecule has 0 aliphatic heterocycles. The molecule has 0 saturated heterocycles. The molecule has 0 saturated carbocycles. The van der Waals surface area contributed by atoms with Crippen molar-refractivity contribution in [1.29, 1.82) is 0 Å². The van der Waals surface area contributed by atoms with Crippen molar-refractivity contribution in [2.75, 3.05) is 6.61 Å². The zero-order valence-electron chi connectivity index (χ0n) is 41.5. The fraction of sp³-hybridized carbons (Fsp3) is 0.857. The van der Waals surface area contributed by atoms with E-state index in [1.165, 1.54) is 154 Å². The van der Waals surface area contributed by atoms with E-state index >= 15 is 0 Å². The molecule has 0 aromatic heterocycles. The lowest BCUT2D eigenvalue weighted by atomic mass is 10.0. The molecular formula is C56H105NO5. The highest BCUT2D eigenvalue weighted by molar-refractivity contribution is 5.77. The van der Waals surface area contributed by atoms with Gasteiger partial charge in [0.1, 0.15) is 6.10 Å². The summed E-state index contributed by atoms with van der Waals surface area (Å²) >= 11 is 0. The van der Waals surface area contributed by atoms with Crippen molar-refractivity contribution in [2.24, 2.45) is 0 Å². The van der Waals surface area contributed by atoms with Crippen molar-refractivity contribution in [3.05, 3.63) is 36.5 Å². The van der Waals surface area contributed by atoms with Crippen LogP contribution in [0.3, 0.4) is 0 Å². The molecule has 0 rings (SSSR count). The Kier molecular flexibility index (Phi) is 48.5. The first-order valence-electron chi connectivity index (χ1n) is 27.2. The largest absolute Gasteiger partial charge is 0.462 e. The van der Waals surface area contributed by atoms with Crippen LogP contribution in [0.1, 0.15) is 284 Å². The summed E-state index contributed by atoms with van der Waals surface area (Å²) in [7, 11) is 0. The van der Waals surface area contributed by atoms with E-state index in [1.54, 1.807) is 0 Å². The number of hydrogen-bond acceptors (Lipinski definition) is 5. The van der Waals surface area contributed by atoms with Crippen LogP contribution in [-0.4, -0.2) is 46.9 Å². The Morgan fingerprint density at radius 2 is 0.823 bits per heavy atom. The minimum atomic E-state index is -0.791. The molecule has 0 aliphatic rings. The zero-order chi connectivity index (χ0) is 45.2. The van der Waals surface area contributed by atoms with Gasteiger partial charge in [-0.25, -0.2) is 0 Å². The van der Waals surface area contributed by atoms with Gasteiger partial charge in [0.05, 0.1) is 25.2 Å². The van der Waals surface area contributed by atoms with Gasteiger partial charge in [-0.1, -0.05) is 243 Å². The number of esters is 1. The van der Waals surface area contributed by atoms with Crippen LogP contribution in [0.15, 0.2) is 36.5 Å². The number of amides is 1. The number of nitrogens with one attached hydrogen (secondary N) is 1. The number of rotatable bonds is 49. The van der Waals surface area contributed by atoms with Crippen molar-refractivity contribution in [3.63, 3.8) is 0 Å². The molecule has 6 heteroatoms. The lowest BCUT2D eigenvalue weighted by molar-refractivity contribution is -0.151. The molecular weight excluding hydrogens is 767 g/mol. The summed E-state index contributed by atoms with van der Waals surface area (Å²) in [5, 5.41) is 23.7. The van der Waals surface area contributed by atoms with Crippen LogP contribution in [0.2, 0.25) is 0 Å².